The molecule has 0 amide bonds. The minimum atomic E-state index is 0.418. The Morgan fingerprint density at radius 1 is 1.24 bits per heavy atom. The van der Waals surface area contributed by atoms with Crippen LogP contribution in [0.5, 0.6) is 0 Å². The van der Waals surface area contributed by atoms with E-state index in [4.69, 9.17) is 11.6 Å². The van der Waals surface area contributed by atoms with E-state index < -0.39 is 0 Å². The van der Waals surface area contributed by atoms with Crippen LogP contribution in [0.4, 0.5) is 11.8 Å². The molecule has 130 valence electrons. The number of hydrazine groups is 1. The summed E-state index contributed by atoms with van der Waals surface area (Å²) >= 11 is 1.62. The Hall–Kier alpha value is -2.64. The van der Waals surface area contributed by atoms with Crippen LogP contribution in [-0.2, 0) is 6.42 Å². The number of hydrogen-bond donors (Lipinski definition) is 3. The Morgan fingerprint density at radius 3 is 2.80 bits per heavy atom. The first kappa shape index (κ1) is 17.2. The highest BCUT2D eigenvalue weighted by molar-refractivity contribution is 7.18. The van der Waals surface area contributed by atoms with Crippen LogP contribution in [0.1, 0.15) is 16.9 Å². The SMILES string of the molecule is Cc1cc2c(NCCCc3ccccc3)nc(N(N)/C=C\N)nc2s1. The van der Waals surface area contributed by atoms with Crippen LogP contribution in [0.25, 0.3) is 10.2 Å². The quantitative estimate of drug-likeness (QED) is 0.343. The van der Waals surface area contributed by atoms with E-state index in [1.165, 1.54) is 27.8 Å². The third kappa shape index (κ3) is 4.26. The fraction of sp³-hybridized carbons (Fsp3) is 0.222. The van der Waals surface area contributed by atoms with Gasteiger partial charge in [0.2, 0.25) is 5.95 Å². The largest absolute Gasteiger partial charge is 0.403 e. The summed E-state index contributed by atoms with van der Waals surface area (Å²) in [5.74, 6) is 7.14. The number of aryl methyl sites for hydroxylation is 2. The van der Waals surface area contributed by atoms with E-state index in [1.54, 1.807) is 11.3 Å². The highest BCUT2D eigenvalue weighted by Gasteiger charge is 2.12. The fourth-order valence-electron chi connectivity index (χ4n) is 2.58. The molecule has 0 atom stereocenters. The minimum Gasteiger partial charge on any atom is -0.403 e. The molecule has 7 heteroatoms. The lowest BCUT2D eigenvalue weighted by Crippen LogP contribution is -2.27. The van der Waals surface area contributed by atoms with Gasteiger partial charge in [-0.1, -0.05) is 30.3 Å². The first-order valence-corrected chi connectivity index (χ1v) is 8.97. The molecule has 0 fully saturated rings. The summed E-state index contributed by atoms with van der Waals surface area (Å²) in [5, 5.41) is 5.77. The number of thiophene rings is 1. The maximum absolute atomic E-state index is 5.92. The van der Waals surface area contributed by atoms with E-state index in [2.05, 4.69) is 52.5 Å². The van der Waals surface area contributed by atoms with Gasteiger partial charge in [-0.25, -0.2) is 10.8 Å². The summed E-state index contributed by atoms with van der Waals surface area (Å²) < 4.78 is 0. The second-order valence-electron chi connectivity index (χ2n) is 5.71. The summed E-state index contributed by atoms with van der Waals surface area (Å²) in [6.45, 7) is 2.89. The number of hydrogen-bond acceptors (Lipinski definition) is 7. The molecule has 0 unspecified atom stereocenters. The molecule has 1 aromatic carbocycles. The number of fused-ring (bicyclic) bond motifs is 1. The van der Waals surface area contributed by atoms with Gasteiger partial charge in [-0.2, -0.15) is 4.98 Å². The molecule has 2 heterocycles. The zero-order valence-corrected chi connectivity index (χ0v) is 15.0. The van der Waals surface area contributed by atoms with Gasteiger partial charge >= 0.3 is 0 Å². The molecule has 0 radical (unpaired) electrons. The number of nitrogens with zero attached hydrogens (tertiary/aromatic N) is 3. The zero-order chi connectivity index (χ0) is 17.6. The summed E-state index contributed by atoms with van der Waals surface area (Å²) in [7, 11) is 0. The summed E-state index contributed by atoms with van der Waals surface area (Å²) in [6, 6.07) is 12.6. The summed E-state index contributed by atoms with van der Waals surface area (Å²) in [5.41, 5.74) is 6.74. The molecule has 25 heavy (non-hydrogen) atoms. The Morgan fingerprint density at radius 2 is 2.04 bits per heavy atom. The van der Waals surface area contributed by atoms with E-state index in [1.807, 2.05) is 6.07 Å². The van der Waals surface area contributed by atoms with Crippen LogP contribution >= 0.6 is 11.3 Å². The molecule has 0 aliphatic heterocycles. The van der Waals surface area contributed by atoms with Crippen molar-refractivity contribution in [3.05, 3.63) is 59.2 Å². The predicted molar refractivity (Wildman–Crippen MR) is 105 cm³/mol. The van der Waals surface area contributed by atoms with Gasteiger partial charge in [0.15, 0.2) is 0 Å². The van der Waals surface area contributed by atoms with Crippen molar-refractivity contribution < 1.29 is 0 Å². The van der Waals surface area contributed by atoms with E-state index in [0.29, 0.717) is 5.95 Å². The molecule has 0 spiro atoms. The first-order valence-electron chi connectivity index (χ1n) is 8.15. The molecule has 3 rings (SSSR count). The molecule has 0 bridgehead atoms. The van der Waals surface area contributed by atoms with Gasteiger partial charge in [-0.05, 0) is 31.4 Å². The van der Waals surface area contributed by atoms with Crippen LogP contribution < -0.4 is 21.9 Å². The van der Waals surface area contributed by atoms with Crippen LogP contribution in [0.15, 0.2) is 48.8 Å². The van der Waals surface area contributed by atoms with Crippen molar-refractivity contribution in [2.24, 2.45) is 11.6 Å². The monoisotopic (exact) mass is 354 g/mol. The molecular weight excluding hydrogens is 332 g/mol. The van der Waals surface area contributed by atoms with Gasteiger partial charge in [0.05, 0.1) is 5.39 Å². The second kappa shape index (κ2) is 7.96. The molecule has 0 aliphatic rings. The van der Waals surface area contributed by atoms with Crippen molar-refractivity contribution in [3.8, 4) is 0 Å². The lowest BCUT2D eigenvalue weighted by molar-refractivity contribution is 0.858. The predicted octanol–water partition coefficient (Wildman–Crippen LogP) is 3.15. The van der Waals surface area contributed by atoms with Crippen molar-refractivity contribution in [1.82, 2.24) is 9.97 Å². The summed E-state index contributed by atoms with van der Waals surface area (Å²) in [4.78, 5) is 11.2. The smallest absolute Gasteiger partial charge is 0.247 e. The lowest BCUT2D eigenvalue weighted by atomic mass is 10.1. The first-order chi connectivity index (χ1) is 12.2. The molecular formula is C18H22N6S. The fourth-order valence-corrected chi connectivity index (χ4v) is 3.46. The Labute approximate surface area is 151 Å². The maximum atomic E-state index is 5.92. The molecule has 0 aliphatic carbocycles. The van der Waals surface area contributed by atoms with Crippen molar-refractivity contribution in [2.45, 2.75) is 19.8 Å². The number of nitrogens with two attached hydrogens (primary N) is 2. The molecule has 5 N–H and O–H groups in total. The molecule has 6 nitrogen and oxygen atoms in total. The maximum Gasteiger partial charge on any atom is 0.247 e. The van der Waals surface area contributed by atoms with Crippen molar-refractivity contribution in [2.75, 3.05) is 16.9 Å². The van der Waals surface area contributed by atoms with Crippen LogP contribution in [0.3, 0.4) is 0 Å². The highest BCUT2D eigenvalue weighted by atomic mass is 32.1. The topological polar surface area (TPSA) is 93.1 Å². The average molecular weight is 354 g/mol. The van der Waals surface area contributed by atoms with Crippen LogP contribution in [0.2, 0.25) is 0 Å². The minimum absolute atomic E-state index is 0.418. The number of benzene rings is 1. The van der Waals surface area contributed by atoms with E-state index >= 15 is 0 Å². The Kier molecular flexibility index (Phi) is 5.47. The summed E-state index contributed by atoms with van der Waals surface area (Å²) in [6.07, 6.45) is 4.93. The second-order valence-corrected chi connectivity index (χ2v) is 6.95. The lowest BCUT2D eigenvalue weighted by Gasteiger charge is -2.13. The molecule has 0 saturated carbocycles. The molecule has 2 aromatic heterocycles. The van der Waals surface area contributed by atoms with Gasteiger partial charge in [0.25, 0.3) is 0 Å². The van der Waals surface area contributed by atoms with Gasteiger partial charge in [-0.3, -0.25) is 5.01 Å². The Bertz CT molecular complexity index is 859. The number of nitrogens with one attached hydrogen (secondary N) is 1. The van der Waals surface area contributed by atoms with Gasteiger partial charge in [-0.15, -0.1) is 11.3 Å². The number of anilines is 2. The van der Waals surface area contributed by atoms with Crippen LogP contribution in [-0.4, -0.2) is 16.5 Å². The van der Waals surface area contributed by atoms with Crippen molar-refractivity contribution in [3.63, 3.8) is 0 Å². The van der Waals surface area contributed by atoms with Gasteiger partial charge < -0.3 is 11.1 Å². The zero-order valence-electron chi connectivity index (χ0n) is 14.1. The van der Waals surface area contributed by atoms with Crippen LogP contribution in [0, 0.1) is 6.92 Å². The van der Waals surface area contributed by atoms with Crippen molar-refractivity contribution in [1.29, 1.82) is 0 Å². The van der Waals surface area contributed by atoms with E-state index in [9.17, 15) is 0 Å². The van der Waals surface area contributed by atoms with Gasteiger partial charge in [0, 0.05) is 23.8 Å². The Balaban J connectivity index is 1.74. The molecule has 0 saturated heterocycles. The normalized spacial score (nSPS) is 11.3. The van der Waals surface area contributed by atoms with E-state index in [-0.39, 0.29) is 0 Å². The van der Waals surface area contributed by atoms with Gasteiger partial charge in [0.1, 0.15) is 10.6 Å². The third-order valence-electron chi connectivity index (χ3n) is 3.76. The number of rotatable bonds is 7. The average Bonchev–Trinajstić information content (AvgIpc) is 3.00. The number of aromatic nitrogens is 2. The van der Waals surface area contributed by atoms with E-state index in [0.717, 1.165) is 35.4 Å². The van der Waals surface area contributed by atoms with Crippen molar-refractivity contribution >= 4 is 33.3 Å². The third-order valence-corrected chi connectivity index (χ3v) is 4.70. The molecule has 3 aromatic rings. The highest BCUT2D eigenvalue weighted by Crippen LogP contribution is 2.30. The standard InChI is InChI=1S/C18H22N6S/c1-13-12-15-16(21-10-5-8-14-6-3-2-4-7-14)22-18(23-17(15)25-13)24(20)11-9-19/h2-4,6-7,9,11-12H,5,8,10,19-20H2,1H3,(H,21,22,23)/b11-9-.